The molecule has 1 atom stereocenters. The van der Waals surface area contributed by atoms with E-state index in [2.05, 4.69) is 25.9 Å². The molecule has 6 nitrogen and oxygen atoms in total. The molecule has 3 aromatic rings. The van der Waals surface area contributed by atoms with Gasteiger partial charge in [0, 0.05) is 22.3 Å². The van der Waals surface area contributed by atoms with Gasteiger partial charge in [0.05, 0.1) is 12.2 Å². The third kappa shape index (κ3) is 2.60. The summed E-state index contributed by atoms with van der Waals surface area (Å²) in [6.07, 6.45) is 2.88. The van der Waals surface area contributed by atoms with Crippen molar-refractivity contribution in [2.75, 3.05) is 10.8 Å². The number of nitrogens with zero attached hydrogens (tertiary/aromatic N) is 2. The monoisotopic (exact) mass is 421 g/mol. The molecule has 1 aromatic carbocycles. The lowest BCUT2D eigenvalue weighted by molar-refractivity contribution is 0.219. The third-order valence-corrected chi connectivity index (χ3v) is 6.92. The number of nitrogens with one attached hydrogen (secondary N) is 1. The van der Waals surface area contributed by atoms with Gasteiger partial charge in [0.1, 0.15) is 22.4 Å². The van der Waals surface area contributed by atoms with E-state index in [-0.39, 0.29) is 17.5 Å². The Morgan fingerprint density at radius 1 is 1.40 bits per heavy atom. The summed E-state index contributed by atoms with van der Waals surface area (Å²) in [6, 6.07) is 7.13. The highest BCUT2D eigenvalue weighted by atomic mass is 79.9. The summed E-state index contributed by atoms with van der Waals surface area (Å²) >= 11 is 3.48. The first-order valence-corrected chi connectivity index (χ1v) is 10.0. The molecule has 0 bridgehead atoms. The predicted molar refractivity (Wildman–Crippen MR) is 99.6 cm³/mol. The highest BCUT2D eigenvalue weighted by Gasteiger charge is 2.35. The number of benzene rings is 1. The number of fused-ring (bicyclic) bond motifs is 2. The Morgan fingerprint density at radius 2 is 2.20 bits per heavy atom. The number of sulfonamides is 1. The van der Waals surface area contributed by atoms with Crippen LogP contribution in [0.3, 0.4) is 0 Å². The second kappa shape index (κ2) is 5.74. The molecule has 1 N–H and O–H groups in total. The molecular weight excluding hydrogens is 406 g/mol. The molecular formula is C17H16BrN3O3S. The van der Waals surface area contributed by atoms with E-state index < -0.39 is 10.0 Å². The Labute approximate surface area is 154 Å². The first-order chi connectivity index (χ1) is 11.9. The van der Waals surface area contributed by atoms with E-state index >= 15 is 0 Å². The van der Waals surface area contributed by atoms with Crippen LogP contribution < -0.4 is 9.04 Å². The van der Waals surface area contributed by atoms with Gasteiger partial charge in [0.25, 0.3) is 10.0 Å². The van der Waals surface area contributed by atoms with Gasteiger partial charge in [0.15, 0.2) is 0 Å². The zero-order valence-electron chi connectivity index (χ0n) is 13.7. The fourth-order valence-corrected chi connectivity index (χ4v) is 5.04. The molecule has 0 radical (unpaired) electrons. The van der Waals surface area contributed by atoms with E-state index in [1.165, 1.54) is 10.5 Å². The average Bonchev–Trinajstić information content (AvgIpc) is 3.00. The maximum Gasteiger partial charge on any atom is 0.266 e. The van der Waals surface area contributed by atoms with Gasteiger partial charge in [-0.05, 0) is 43.7 Å². The first kappa shape index (κ1) is 16.4. The molecule has 0 fully saturated rings. The Bertz CT molecular complexity index is 1080. The van der Waals surface area contributed by atoms with E-state index in [1.807, 2.05) is 19.9 Å². The number of aryl methyl sites for hydroxylation is 1. The zero-order valence-corrected chi connectivity index (χ0v) is 16.1. The molecule has 8 heteroatoms. The highest BCUT2D eigenvalue weighted by Crippen LogP contribution is 2.41. The quantitative estimate of drug-likeness (QED) is 0.685. The number of H-pyrrole nitrogens is 1. The summed E-state index contributed by atoms with van der Waals surface area (Å²) in [4.78, 5) is 7.32. The lowest BCUT2D eigenvalue weighted by Gasteiger charge is -2.34. The highest BCUT2D eigenvalue weighted by molar-refractivity contribution is 9.10. The third-order valence-electron chi connectivity index (χ3n) is 4.24. The Balaban J connectivity index is 1.91. The van der Waals surface area contributed by atoms with Crippen LogP contribution in [-0.4, -0.2) is 31.0 Å². The van der Waals surface area contributed by atoms with Crippen molar-refractivity contribution in [1.29, 1.82) is 0 Å². The van der Waals surface area contributed by atoms with Crippen LogP contribution in [0.15, 0.2) is 46.0 Å². The fourth-order valence-electron chi connectivity index (χ4n) is 3.01. The number of anilines is 1. The number of ether oxygens (including phenoxy) is 1. The van der Waals surface area contributed by atoms with Gasteiger partial charge >= 0.3 is 0 Å². The topological polar surface area (TPSA) is 75.3 Å². The smallest absolute Gasteiger partial charge is 0.266 e. The summed E-state index contributed by atoms with van der Waals surface area (Å²) in [5, 5.41) is 0.578. The molecule has 130 valence electrons. The van der Waals surface area contributed by atoms with Crippen molar-refractivity contribution in [2.24, 2.45) is 0 Å². The number of hydrogen-bond donors (Lipinski definition) is 1. The van der Waals surface area contributed by atoms with Crippen molar-refractivity contribution < 1.29 is 13.2 Å². The lowest BCUT2D eigenvalue weighted by atomic mass is 10.2. The number of hydrogen-bond acceptors (Lipinski definition) is 4. The molecule has 0 spiro atoms. The van der Waals surface area contributed by atoms with E-state index in [4.69, 9.17) is 4.74 Å². The first-order valence-electron chi connectivity index (χ1n) is 7.79. The van der Waals surface area contributed by atoms with Gasteiger partial charge in [-0.1, -0.05) is 15.9 Å². The summed E-state index contributed by atoms with van der Waals surface area (Å²) < 4.78 is 34.9. The molecule has 1 aliphatic heterocycles. The minimum atomic E-state index is -3.76. The fraction of sp³-hybridized carbons (Fsp3) is 0.235. The standard InChI is InChI=1S/C17H16BrN3O3S/c1-10-6-15-14(7-13(10)18)21(9-11(2)24-15)25(22,23)16-8-20-17-12(16)4-3-5-19-17/h3-8,11H,9H2,1-2H3,(H,19,20). The Kier molecular flexibility index (Phi) is 3.77. The summed E-state index contributed by atoms with van der Waals surface area (Å²) in [5.41, 5.74) is 2.07. The number of rotatable bonds is 2. The van der Waals surface area contributed by atoms with Crippen LogP contribution in [0.2, 0.25) is 0 Å². The van der Waals surface area contributed by atoms with Crippen molar-refractivity contribution in [1.82, 2.24) is 9.97 Å². The number of pyridine rings is 1. The minimum absolute atomic E-state index is 0.215. The second-order valence-corrected chi connectivity index (χ2v) is 8.77. The zero-order chi connectivity index (χ0) is 17.8. The largest absolute Gasteiger partial charge is 0.487 e. The molecule has 0 amide bonds. The summed E-state index contributed by atoms with van der Waals surface area (Å²) in [5.74, 6) is 0.570. The van der Waals surface area contributed by atoms with Gasteiger partial charge < -0.3 is 9.72 Å². The number of aromatic nitrogens is 2. The van der Waals surface area contributed by atoms with Crippen LogP contribution in [0.1, 0.15) is 12.5 Å². The predicted octanol–water partition coefficient (Wildman–Crippen LogP) is 3.61. The summed E-state index contributed by atoms with van der Waals surface area (Å²) in [7, 11) is -3.76. The van der Waals surface area contributed by atoms with Crippen molar-refractivity contribution in [3.63, 3.8) is 0 Å². The van der Waals surface area contributed by atoms with Crippen LogP contribution >= 0.6 is 15.9 Å². The van der Waals surface area contributed by atoms with Gasteiger partial charge in [-0.15, -0.1) is 0 Å². The van der Waals surface area contributed by atoms with E-state index in [1.54, 1.807) is 24.4 Å². The maximum atomic E-state index is 13.4. The average molecular weight is 422 g/mol. The molecule has 1 unspecified atom stereocenters. The van der Waals surface area contributed by atoms with Crippen LogP contribution in [0.4, 0.5) is 5.69 Å². The van der Waals surface area contributed by atoms with Crippen LogP contribution in [0, 0.1) is 6.92 Å². The molecule has 4 rings (SSSR count). The summed E-state index contributed by atoms with van der Waals surface area (Å²) in [6.45, 7) is 4.05. The molecule has 0 aliphatic carbocycles. The van der Waals surface area contributed by atoms with Crippen molar-refractivity contribution >= 4 is 42.7 Å². The molecule has 2 aromatic heterocycles. The lowest BCUT2D eigenvalue weighted by Crippen LogP contribution is -2.42. The normalized spacial score (nSPS) is 17.4. The van der Waals surface area contributed by atoms with Crippen molar-refractivity contribution in [3.05, 3.63) is 46.7 Å². The molecule has 25 heavy (non-hydrogen) atoms. The van der Waals surface area contributed by atoms with Gasteiger partial charge in [-0.2, -0.15) is 0 Å². The second-order valence-electron chi connectivity index (χ2n) is 6.09. The molecule has 3 heterocycles. The van der Waals surface area contributed by atoms with Crippen LogP contribution in [-0.2, 0) is 10.0 Å². The van der Waals surface area contributed by atoms with Gasteiger partial charge in [-0.3, -0.25) is 4.31 Å². The molecule has 1 aliphatic rings. The van der Waals surface area contributed by atoms with Crippen molar-refractivity contribution in [3.8, 4) is 5.75 Å². The molecule has 0 saturated heterocycles. The number of aromatic amines is 1. The van der Waals surface area contributed by atoms with E-state index in [0.29, 0.717) is 22.5 Å². The van der Waals surface area contributed by atoms with E-state index in [0.717, 1.165) is 10.0 Å². The van der Waals surface area contributed by atoms with Crippen molar-refractivity contribution in [2.45, 2.75) is 24.8 Å². The molecule has 0 saturated carbocycles. The maximum absolute atomic E-state index is 13.4. The SMILES string of the molecule is Cc1cc2c(cc1Br)N(S(=O)(=O)c1c[nH]c3ncccc13)CC(C)O2. The van der Waals surface area contributed by atoms with Crippen LogP contribution in [0.25, 0.3) is 11.0 Å². The van der Waals surface area contributed by atoms with Crippen LogP contribution in [0.5, 0.6) is 5.75 Å². The Hall–Kier alpha value is -2.06. The minimum Gasteiger partial charge on any atom is -0.487 e. The number of halogens is 1. The van der Waals surface area contributed by atoms with Gasteiger partial charge in [0.2, 0.25) is 0 Å². The Morgan fingerprint density at radius 3 is 3.00 bits per heavy atom. The van der Waals surface area contributed by atoms with Gasteiger partial charge in [-0.25, -0.2) is 13.4 Å². The van der Waals surface area contributed by atoms with E-state index in [9.17, 15) is 8.42 Å².